The van der Waals surface area contributed by atoms with E-state index in [2.05, 4.69) is 37.6 Å². The summed E-state index contributed by atoms with van der Waals surface area (Å²) in [4.78, 5) is 23.6. The molecule has 1 amide bonds. The zero-order chi connectivity index (χ0) is 20.2. The Bertz CT molecular complexity index is 1010. The Morgan fingerprint density at radius 2 is 1.66 bits per heavy atom. The number of hydrogen-bond donors (Lipinski definition) is 2. The average Bonchev–Trinajstić information content (AvgIpc) is 3.26. The normalized spacial score (nSPS) is 13.4. The fourth-order valence-electron chi connectivity index (χ4n) is 3.42. The van der Waals surface area contributed by atoms with Crippen LogP contribution in [0.3, 0.4) is 0 Å². The number of hydrogen-bond acceptors (Lipinski definition) is 5. The minimum absolute atomic E-state index is 0.261. The molecule has 0 atom stereocenters. The number of carbonyl (C=O) groups excluding carboxylic acids is 1. The van der Waals surface area contributed by atoms with Crippen molar-refractivity contribution in [3.8, 4) is 0 Å². The Kier molecular flexibility index (Phi) is 5.42. The van der Waals surface area contributed by atoms with Gasteiger partial charge in [0.1, 0.15) is 5.69 Å². The molecule has 1 aromatic heterocycles. The van der Waals surface area contributed by atoms with E-state index in [0.717, 1.165) is 30.0 Å². The van der Waals surface area contributed by atoms with Crippen molar-refractivity contribution in [1.82, 2.24) is 9.97 Å². The first-order valence-electron chi connectivity index (χ1n) is 9.92. The molecule has 4 rings (SSSR count). The van der Waals surface area contributed by atoms with Crippen LogP contribution in [0.5, 0.6) is 0 Å². The Labute approximate surface area is 171 Å². The molecule has 29 heavy (non-hydrogen) atoms. The van der Waals surface area contributed by atoms with E-state index in [1.54, 1.807) is 12.3 Å². The highest BCUT2D eigenvalue weighted by molar-refractivity contribution is 6.03. The number of carbonyl (C=O) groups is 1. The molecule has 6 nitrogen and oxygen atoms in total. The number of nitrogens with zero attached hydrogens (tertiary/aromatic N) is 3. The van der Waals surface area contributed by atoms with Crippen molar-refractivity contribution < 1.29 is 4.79 Å². The largest absolute Gasteiger partial charge is 0.372 e. The zero-order valence-electron chi connectivity index (χ0n) is 16.8. The van der Waals surface area contributed by atoms with E-state index >= 15 is 0 Å². The van der Waals surface area contributed by atoms with Crippen LogP contribution in [0.4, 0.5) is 23.0 Å². The molecule has 1 aliphatic heterocycles. The van der Waals surface area contributed by atoms with Gasteiger partial charge in [-0.05, 0) is 80.3 Å². The Morgan fingerprint density at radius 1 is 0.931 bits per heavy atom. The molecule has 1 saturated heterocycles. The van der Waals surface area contributed by atoms with Crippen LogP contribution in [0.2, 0.25) is 0 Å². The monoisotopic (exact) mass is 387 g/mol. The van der Waals surface area contributed by atoms with Gasteiger partial charge in [-0.15, -0.1) is 0 Å². The molecule has 3 aromatic rings. The fraction of sp³-hybridized carbons (Fsp3) is 0.261. The summed E-state index contributed by atoms with van der Waals surface area (Å²) in [6.07, 6.45) is 4.10. The molecule has 0 radical (unpaired) electrons. The summed E-state index contributed by atoms with van der Waals surface area (Å²) >= 11 is 0. The van der Waals surface area contributed by atoms with E-state index < -0.39 is 0 Å². The minimum Gasteiger partial charge on any atom is -0.372 e. The maximum atomic E-state index is 12.6. The van der Waals surface area contributed by atoms with Crippen LogP contribution in [-0.4, -0.2) is 29.0 Å². The van der Waals surface area contributed by atoms with Gasteiger partial charge in [0.25, 0.3) is 5.91 Å². The molecular weight excluding hydrogens is 362 g/mol. The second kappa shape index (κ2) is 8.31. The predicted molar refractivity (Wildman–Crippen MR) is 117 cm³/mol. The molecule has 0 unspecified atom stereocenters. The highest BCUT2D eigenvalue weighted by Crippen LogP contribution is 2.23. The maximum Gasteiger partial charge on any atom is 0.274 e. The van der Waals surface area contributed by atoms with Gasteiger partial charge in [-0.25, -0.2) is 9.97 Å². The third kappa shape index (κ3) is 4.54. The summed E-state index contributed by atoms with van der Waals surface area (Å²) < 4.78 is 0. The van der Waals surface area contributed by atoms with Gasteiger partial charge in [0.05, 0.1) is 0 Å². The lowest BCUT2D eigenvalue weighted by Gasteiger charge is -2.17. The number of anilines is 4. The van der Waals surface area contributed by atoms with Gasteiger partial charge in [0.15, 0.2) is 0 Å². The number of aromatic nitrogens is 2. The Hall–Kier alpha value is -3.41. The molecule has 0 spiro atoms. The highest BCUT2D eigenvalue weighted by atomic mass is 16.1. The average molecular weight is 387 g/mol. The number of amides is 1. The molecule has 148 valence electrons. The van der Waals surface area contributed by atoms with Crippen LogP contribution in [0.1, 0.15) is 34.5 Å². The third-order valence-electron chi connectivity index (χ3n) is 5.25. The van der Waals surface area contributed by atoms with Crippen LogP contribution in [0.25, 0.3) is 0 Å². The van der Waals surface area contributed by atoms with E-state index in [4.69, 9.17) is 0 Å². The Morgan fingerprint density at radius 3 is 2.38 bits per heavy atom. The Balaban J connectivity index is 1.43. The van der Waals surface area contributed by atoms with Crippen LogP contribution >= 0.6 is 0 Å². The van der Waals surface area contributed by atoms with Crippen molar-refractivity contribution in [2.45, 2.75) is 26.7 Å². The lowest BCUT2D eigenvalue weighted by Crippen LogP contribution is -2.17. The number of benzene rings is 2. The molecule has 2 N–H and O–H groups in total. The van der Waals surface area contributed by atoms with E-state index in [1.807, 2.05) is 44.2 Å². The first-order chi connectivity index (χ1) is 14.1. The molecule has 1 aliphatic rings. The standard InChI is InChI=1S/C23H25N5O/c1-16-5-6-19(15-17(16)2)25-22(29)21-11-12-24-23(27-21)26-18-7-9-20(10-8-18)28-13-3-4-14-28/h5-12,15H,3-4,13-14H2,1-2H3,(H,25,29)(H,24,26,27). The molecular formula is C23H25N5O. The van der Waals surface area contributed by atoms with E-state index in [-0.39, 0.29) is 5.91 Å². The van der Waals surface area contributed by atoms with E-state index in [9.17, 15) is 4.79 Å². The maximum absolute atomic E-state index is 12.6. The van der Waals surface area contributed by atoms with E-state index in [0.29, 0.717) is 11.6 Å². The lowest BCUT2D eigenvalue weighted by atomic mass is 10.1. The predicted octanol–water partition coefficient (Wildman–Crippen LogP) is 4.69. The summed E-state index contributed by atoms with van der Waals surface area (Å²) in [5, 5.41) is 6.07. The molecule has 0 aliphatic carbocycles. The lowest BCUT2D eigenvalue weighted by molar-refractivity contribution is 0.102. The fourth-order valence-corrected chi connectivity index (χ4v) is 3.42. The summed E-state index contributed by atoms with van der Waals surface area (Å²) in [5.41, 5.74) is 5.51. The number of rotatable bonds is 5. The van der Waals surface area contributed by atoms with Crippen LogP contribution in [-0.2, 0) is 0 Å². The SMILES string of the molecule is Cc1ccc(NC(=O)c2ccnc(Nc3ccc(N4CCCC4)cc3)n2)cc1C. The first kappa shape index (κ1) is 18.9. The second-order valence-electron chi connectivity index (χ2n) is 7.38. The van der Waals surface area contributed by atoms with Gasteiger partial charge >= 0.3 is 0 Å². The molecule has 0 saturated carbocycles. The summed E-state index contributed by atoms with van der Waals surface area (Å²) in [6.45, 7) is 6.30. The molecule has 6 heteroatoms. The topological polar surface area (TPSA) is 70.2 Å². The summed E-state index contributed by atoms with van der Waals surface area (Å²) in [5.74, 6) is 0.134. The number of aryl methyl sites for hydroxylation is 2. The summed E-state index contributed by atoms with van der Waals surface area (Å²) in [7, 11) is 0. The number of nitrogens with one attached hydrogen (secondary N) is 2. The van der Waals surface area contributed by atoms with Crippen LogP contribution in [0.15, 0.2) is 54.7 Å². The molecule has 1 fully saturated rings. The first-order valence-corrected chi connectivity index (χ1v) is 9.92. The van der Waals surface area contributed by atoms with Crippen LogP contribution < -0.4 is 15.5 Å². The molecule has 2 heterocycles. The van der Waals surface area contributed by atoms with Gasteiger partial charge < -0.3 is 15.5 Å². The van der Waals surface area contributed by atoms with Crippen molar-refractivity contribution in [3.63, 3.8) is 0 Å². The van der Waals surface area contributed by atoms with Gasteiger partial charge in [-0.2, -0.15) is 0 Å². The van der Waals surface area contributed by atoms with Crippen molar-refractivity contribution in [2.24, 2.45) is 0 Å². The molecule has 0 bridgehead atoms. The van der Waals surface area contributed by atoms with Crippen molar-refractivity contribution in [2.75, 3.05) is 28.6 Å². The van der Waals surface area contributed by atoms with E-state index in [1.165, 1.54) is 24.1 Å². The van der Waals surface area contributed by atoms with Crippen molar-refractivity contribution in [3.05, 3.63) is 71.5 Å². The minimum atomic E-state index is -0.261. The van der Waals surface area contributed by atoms with Crippen molar-refractivity contribution >= 4 is 28.9 Å². The smallest absolute Gasteiger partial charge is 0.274 e. The van der Waals surface area contributed by atoms with Gasteiger partial charge in [0.2, 0.25) is 5.95 Å². The van der Waals surface area contributed by atoms with Gasteiger partial charge in [-0.3, -0.25) is 4.79 Å². The quantitative estimate of drug-likeness (QED) is 0.665. The third-order valence-corrected chi connectivity index (χ3v) is 5.25. The van der Waals surface area contributed by atoms with Crippen LogP contribution in [0, 0.1) is 13.8 Å². The highest BCUT2D eigenvalue weighted by Gasteiger charge is 2.13. The second-order valence-corrected chi connectivity index (χ2v) is 7.38. The van der Waals surface area contributed by atoms with Crippen molar-refractivity contribution in [1.29, 1.82) is 0 Å². The zero-order valence-corrected chi connectivity index (χ0v) is 16.8. The summed E-state index contributed by atoms with van der Waals surface area (Å²) in [6, 6.07) is 15.7. The van der Waals surface area contributed by atoms with Gasteiger partial charge in [-0.1, -0.05) is 6.07 Å². The van der Waals surface area contributed by atoms with Gasteiger partial charge in [0, 0.05) is 36.3 Å². The molecule has 2 aromatic carbocycles.